The average molecular weight is 1110 g/mol. The van der Waals surface area contributed by atoms with Crippen LogP contribution >= 0.6 is 11.3 Å². The molecule has 16 aromatic carbocycles. The van der Waals surface area contributed by atoms with Crippen molar-refractivity contribution in [1.29, 1.82) is 0 Å². The van der Waals surface area contributed by atoms with Crippen molar-refractivity contribution >= 4 is 118 Å². The third-order valence-corrected chi connectivity index (χ3v) is 19.5. The van der Waals surface area contributed by atoms with Crippen LogP contribution in [-0.2, 0) is 0 Å². The maximum Gasteiger partial charge on any atom is 0.143 e. The standard InChI is InChI=1S/C84H50OS/c1-3-23-53(24-4-1)77-61-31-11-13-33-63(61)79(70-39-20-42-76-81(70)72-40-19-38-68(84(72)86-76)60-37-18-28-52-22-8-10-30-58(52)60)66-45-43-55(49-73(66)77)56-44-46-67-74(50-56)78(54-25-5-2-6-26-54)62-32-12-14-34-64(62)80(67)71-48-47-65(59-36-17-27-51-21-7-9-29-57(51)59)82-69-35-15-16-41-75(69)85-83(71)82/h1-50H. The molecule has 2 aromatic heterocycles. The van der Waals surface area contributed by atoms with Crippen LogP contribution in [0.4, 0.5) is 0 Å². The van der Waals surface area contributed by atoms with Crippen LogP contribution in [0.15, 0.2) is 308 Å². The third kappa shape index (κ3) is 7.37. The van der Waals surface area contributed by atoms with Crippen LogP contribution in [0.25, 0.3) is 185 Å². The van der Waals surface area contributed by atoms with Gasteiger partial charge in [0.1, 0.15) is 11.2 Å². The predicted octanol–water partition coefficient (Wildman–Crippen LogP) is 24.5. The maximum absolute atomic E-state index is 7.16. The summed E-state index contributed by atoms with van der Waals surface area (Å²) < 4.78 is 9.75. The first-order valence-electron chi connectivity index (χ1n) is 29.6. The largest absolute Gasteiger partial charge is 0.455 e. The van der Waals surface area contributed by atoms with Gasteiger partial charge in [-0.1, -0.05) is 273 Å². The van der Waals surface area contributed by atoms with Crippen molar-refractivity contribution in [3.8, 4) is 77.9 Å². The van der Waals surface area contributed by atoms with E-state index in [4.69, 9.17) is 4.42 Å². The van der Waals surface area contributed by atoms with Gasteiger partial charge in [-0.15, -0.1) is 11.3 Å². The smallest absolute Gasteiger partial charge is 0.143 e. The third-order valence-electron chi connectivity index (χ3n) is 18.3. The van der Waals surface area contributed by atoms with E-state index in [9.17, 15) is 0 Å². The molecular formula is C84H50OS. The SMILES string of the molecule is c1ccc(-c2c3ccccc3c(-c3ccc(-c4cccc5ccccc45)c4c3oc3ccccc34)c3ccc(-c4ccc5c(-c6cccc7sc8c(-c9cccc%10ccccc9%10)cccc8c67)c6ccccc6c(-c6ccccc6)c5c4)cc23)cc1. The summed E-state index contributed by atoms with van der Waals surface area (Å²) in [7, 11) is 0. The summed E-state index contributed by atoms with van der Waals surface area (Å²) in [6.45, 7) is 0. The van der Waals surface area contributed by atoms with Crippen molar-refractivity contribution in [2.45, 2.75) is 0 Å². The number of thiophene rings is 1. The Labute approximate surface area is 500 Å². The summed E-state index contributed by atoms with van der Waals surface area (Å²) in [6, 6.07) is 112. The van der Waals surface area contributed by atoms with E-state index in [1.54, 1.807) is 0 Å². The number of hydrogen-bond acceptors (Lipinski definition) is 2. The quantitative estimate of drug-likeness (QED) is 0.145. The zero-order valence-electron chi connectivity index (χ0n) is 46.7. The van der Waals surface area contributed by atoms with Crippen LogP contribution < -0.4 is 0 Å². The Morgan fingerprint density at radius 1 is 0.221 bits per heavy atom. The highest BCUT2D eigenvalue weighted by molar-refractivity contribution is 7.26. The normalized spacial score (nSPS) is 12.0. The molecule has 398 valence electrons. The molecule has 0 N–H and O–H groups in total. The molecule has 0 saturated heterocycles. The number of para-hydroxylation sites is 1. The van der Waals surface area contributed by atoms with Crippen molar-refractivity contribution in [1.82, 2.24) is 0 Å². The lowest BCUT2D eigenvalue weighted by Crippen LogP contribution is -1.93. The van der Waals surface area contributed by atoms with E-state index >= 15 is 0 Å². The van der Waals surface area contributed by atoms with Crippen LogP contribution in [0.5, 0.6) is 0 Å². The number of hydrogen-bond donors (Lipinski definition) is 0. The second-order valence-corrected chi connectivity index (χ2v) is 23.9. The summed E-state index contributed by atoms with van der Waals surface area (Å²) in [4.78, 5) is 0. The summed E-state index contributed by atoms with van der Waals surface area (Å²) in [5.74, 6) is 0. The van der Waals surface area contributed by atoms with Crippen LogP contribution in [0.3, 0.4) is 0 Å². The second kappa shape index (κ2) is 19.3. The molecule has 0 aliphatic carbocycles. The lowest BCUT2D eigenvalue weighted by molar-refractivity contribution is 0.670. The van der Waals surface area contributed by atoms with Gasteiger partial charge in [0.25, 0.3) is 0 Å². The van der Waals surface area contributed by atoms with Crippen LogP contribution in [0, 0.1) is 0 Å². The molecule has 0 aliphatic heterocycles. The number of fused-ring (bicyclic) bond motifs is 12. The molecule has 18 rings (SSSR count). The molecule has 0 unspecified atom stereocenters. The Morgan fingerprint density at radius 3 is 1.24 bits per heavy atom. The lowest BCUT2D eigenvalue weighted by Gasteiger charge is -2.20. The van der Waals surface area contributed by atoms with Crippen molar-refractivity contribution in [2.75, 3.05) is 0 Å². The van der Waals surface area contributed by atoms with E-state index in [0.717, 1.165) is 49.8 Å². The number of furan rings is 1. The molecule has 1 nitrogen and oxygen atoms in total. The molecule has 0 bridgehead atoms. The minimum atomic E-state index is 0.877. The second-order valence-electron chi connectivity index (χ2n) is 22.8. The Kier molecular flexibility index (Phi) is 10.9. The Hall–Kier alpha value is -10.9. The molecule has 86 heavy (non-hydrogen) atoms. The van der Waals surface area contributed by atoms with Gasteiger partial charge in [0.2, 0.25) is 0 Å². The van der Waals surface area contributed by atoms with Gasteiger partial charge >= 0.3 is 0 Å². The molecule has 2 heterocycles. The maximum atomic E-state index is 7.16. The van der Waals surface area contributed by atoms with E-state index in [1.807, 2.05) is 11.3 Å². The van der Waals surface area contributed by atoms with Crippen molar-refractivity contribution < 1.29 is 4.42 Å². The molecule has 18 aromatic rings. The first kappa shape index (κ1) is 48.6. The highest BCUT2D eigenvalue weighted by Crippen LogP contribution is 2.53. The molecule has 0 aliphatic rings. The fourth-order valence-corrected chi connectivity index (χ4v) is 15.8. The molecule has 0 amide bonds. The van der Waals surface area contributed by atoms with Gasteiger partial charge in [0.15, 0.2) is 0 Å². The topological polar surface area (TPSA) is 13.1 Å². The lowest BCUT2D eigenvalue weighted by atomic mass is 9.82. The van der Waals surface area contributed by atoms with E-state index in [1.165, 1.54) is 135 Å². The van der Waals surface area contributed by atoms with Crippen molar-refractivity contribution in [2.24, 2.45) is 0 Å². The summed E-state index contributed by atoms with van der Waals surface area (Å²) in [5, 5.41) is 19.4. The predicted molar refractivity (Wildman–Crippen MR) is 370 cm³/mol. The van der Waals surface area contributed by atoms with Gasteiger partial charge in [0.05, 0.1) is 0 Å². The van der Waals surface area contributed by atoms with E-state index in [-0.39, 0.29) is 0 Å². The molecule has 0 atom stereocenters. The monoisotopic (exact) mass is 1110 g/mol. The van der Waals surface area contributed by atoms with Gasteiger partial charge in [-0.05, 0) is 156 Å². The van der Waals surface area contributed by atoms with Gasteiger partial charge in [-0.3, -0.25) is 0 Å². The van der Waals surface area contributed by atoms with Crippen molar-refractivity contribution in [3.63, 3.8) is 0 Å². The Balaban J connectivity index is 0.893. The number of benzene rings is 16. The van der Waals surface area contributed by atoms with E-state index in [0.29, 0.717) is 0 Å². The fraction of sp³-hybridized carbons (Fsp3) is 0. The van der Waals surface area contributed by atoms with Crippen molar-refractivity contribution in [3.05, 3.63) is 303 Å². The summed E-state index contributed by atoms with van der Waals surface area (Å²) in [5.41, 5.74) is 18.5. The van der Waals surface area contributed by atoms with Gasteiger partial charge < -0.3 is 4.42 Å². The first-order valence-corrected chi connectivity index (χ1v) is 30.5. The zero-order chi connectivity index (χ0) is 56.4. The van der Waals surface area contributed by atoms with Gasteiger partial charge in [-0.25, -0.2) is 0 Å². The summed E-state index contributed by atoms with van der Waals surface area (Å²) in [6.07, 6.45) is 0. The van der Waals surface area contributed by atoms with Gasteiger partial charge in [-0.2, -0.15) is 0 Å². The molecule has 2 heteroatoms. The molecule has 0 radical (unpaired) electrons. The van der Waals surface area contributed by atoms with Crippen LogP contribution in [-0.4, -0.2) is 0 Å². The first-order chi connectivity index (χ1) is 42.7. The van der Waals surface area contributed by atoms with Crippen LogP contribution in [0.2, 0.25) is 0 Å². The molecule has 0 spiro atoms. The van der Waals surface area contributed by atoms with E-state index < -0.39 is 0 Å². The van der Waals surface area contributed by atoms with Crippen LogP contribution in [0.1, 0.15) is 0 Å². The molecule has 0 saturated carbocycles. The molecule has 0 fully saturated rings. The Morgan fingerprint density at radius 2 is 0.640 bits per heavy atom. The highest BCUT2D eigenvalue weighted by atomic mass is 32.1. The van der Waals surface area contributed by atoms with E-state index in [2.05, 4.69) is 303 Å². The minimum Gasteiger partial charge on any atom is -0.455 e. The fourth-order valence-electron chi connectivity index (χ4n) is 14.6. The Bertz CT molecular complexity index is 5820. The number of rotatable bonds is 7. The molecular weight excluding hydrogens is 1060 g/mol. The highest BCUT2D eigenvalue weighted by Gasteiger charge is 2.26. The summed E-state index contributed by atoms with van der Waals surface area (Å²) >= 11 is 1.91. The minimum absolute atomic E-state index is 0.877. The average Bonchev–Trinajstić information content (AvgIpc) is 1.41. The van der Waals surface area contributed by atoms with Gasteiger partial charge in [0, 0.05) is 47.6 Å². The zero-order valence-corrected chi connectivity index (χ0v) is 47.5.